The SMILES string of the molecule is Cc1oc(NC(=O)CN2CCC[C@H]2Cn2cccn2)c(C#N)c1C. The van der Waals surface area contributed by atoms with Crippen molar-refractivity contribution in [3.8, 4) is 6.07 Å². The van der Waals surface area contributed by atoms with Gasteiger partial charge in [-0.3, -0.25) is 19.7 Å². The van der Waals surface area contributed by atoms with Crippen molar-refractivity contribution in [1.29, 1.82) is 5.26 Å². The van der Waals surface area contributed by atoms with Gasteiger partial charge in [-0.1, -0.05) is 0 Å². The predicted molar refractivity (Wildman–Crippen MR) is 88.3 cm³/mol. The van der Waals surface area contributed by atoms with Gasteiger partial charge in [0.1, 0.15) is 17.4 Å². The molecular weight excluding hydrogens is 306 g/mol. The van der Waals surface area contributed by atoms with Gasteiger partial charge < -0.3 is 4.42 Å². The van der Waals surface area contributed by atoms with E-state index in [4.69, 9.17) is 4.42 Å². The van der Waals surface area contributed by atoms with Crippen molar-refractivity contribution >= 4 is 11.8 Å². The van der Waals surface area contributed by atoms with Gasteiger partial charge in [0, 0.05) is 24.0 Å². The zero-order chi connectivity index (χ0) is 17.1. The van der Waals surface area contributed by atoms with Gasteiger partial charge in [0.25, 0.3) is 0 Å². The standard InChI is InChI=1S/C17H21N5O2/c1-12-13(2)24-17(15(12)9-18)20-16(23)11-21-7-3-5-14(21)10-22-8-4-6-19-22/h4,6,8,14H,3,5,7,10-11H2,1-2H3,(H,20,23)/t14-/m0/s1. The van der Waals surface area contributed by atoms with E-state index in [2.05, 4.69) is 21.4 Å². The van der Waals surface area contributed by atoms with Gasteiger partial charge in [-0.15, -0.1) is 0 Å². The van der Waals surface area contributed by atoms with E-state index in [1.807, 2.05) is 23.9 Å². The minimum Gasteiger partial charge on any atom is -0.444 e. The van der Waals surface area contributed by atoms with E-state index in [1.54, 1.807) is 13.1 Å². The second-order valence-electron chi connectivity index (χ2n) is 6.14. The summed E-state index contributed by atoms with van der Waals surface area (Å²) in [7, 11) is 0. The summed E-state index contributed by atoms with van der Waals surface area (Å²) in [5.74, 6) is 0.743. The number of anilines is 1. The molecule has 3 rings (SSSR count). The number of nitriles is 1. The fourth-order valence-corrected chi connectivity index (χ4v) is 3.13. The van der Waals surface area contributed by atoms with Crippen LogP contribution in [0.2, 0.25) is 0 Å². The van der Waals surface area contributed by atoms with Crippen LogP contribution in [-0.4, -0.2) is 39.7 Å². The van der Waals surface area contributed by atoms with Crippen molar-refractivity contribution in [3.05, 3.63) is 35.3 Å². The number of nitrogens with one attached hydrogen (secondary N) is 1. The summed E-state index contributed by atoms with van der Waals surface area (Å²) in [4.78, 5) is 14.5. The highest BCUT2D eigenvalue weighted by atomic mass is 16.4. The average Bonchev–Trinajstić information content (AvgIpc) is 3.25. The first-order valence-electron chi connectivity index (χ1n) is 8.10. The Balaban J connectivity index is 1.62. The van der Waals surface area contributed by atoms with E-state index in [0.717, 1.165) is 31.5 Å². The molecule has 7 heteroatoms. The van der Waals surface area contributed by atoms with E-state index in [9.17, 15) is 10.1 Å². The molecule has 1 aliphatic rings. The molecule has 7 nitrogen and oxygen atoms in total. The minimum absolute atomic E-state index is 0.160. The zero-order valence-corrected chi connectivity index (χ0v) is 14.0. The van der Waals surface area contributed by atoms with E-state index >= 15 is 0 Å². The van der Waals surface area contributed by atoms with Gasteiger partial charge >= 0.3 is 0 Å². The van der Waals surface area contributed by atoms with Gasteiger partial charge in [-0.2, -0.15) is 10.4 Å². The van der Waals surface area contributed by atoms with Gasteiger partial charge in [-0.05, 0) is 39.3 Å². The van der Waals surface area contributed by atoms with Gasteiger partial charge in [0.2, 0.25) is 11.8 Å². The number of rotatable bonds is 5. The molecule has 0 aromatic carbocycles. The molecule has 24 heavy (non-hydrogen) atoms. The first-order valence-corrected chi connectivity index (χ1v) is 8.10. The highest BCUT2D eigenvalue weighted by Crippen LogP contribution is 2.25. The number of likely N-dealkylation sites (tertiary alicyclic amines) is 1. The van der Waals surface area contributed by atoms with Crippen molar-refractivity contribution in [2.75, 3.05) is 18.4 Å². The Morgan fingerprint density at radius 3 is 3.08 bits per heavy atom. The largest absolute Gasteiger partial charge is 0.444 e. The van der Waals surface area contributed by atoms with Crippen LogP contribution in [-0.2, 0) is 11.3 Å². The second-order valence-corrected chi connectivity index (χ2v) is 6.14. The summed E-state index contributed by atoms with van der Waals surface area (Å²) in [6.45, 7) is 5.55. The lowest BCUT2D eigenvalue weighted by Crippen LogP contribution is -2.39. The van der Waals surface area contributed by atoms with Gasteiger partial charge in [-0.25, -0.2) is 0 Å². The van der Waals surface area contributed by atoms with Crippen molar-refractivity contribution in [3.63, 3.8) is 0 Å². The molecule has 1 atom stereocenters. The molecule has 0 unspecified atom stereocenters. The maximum Gasteiger partial charge on any atom is 0.240 e. The molecule has 2 aromatic rings. The topological polar surface area (TPSA) is 87.1 Å². The summed E-state index contributed by atoms with van der Waals surface area (Å²) in [6.07, 6.45) is 5.82. The lowest BCUT2D eigenvalue weighted by molar-refractivity contribution is -0.117. The number of aryl methyl sites for hydroxylation is 1. The highest BCUT2D eigenvalue weighted by molar-refractivity contribution is 5.92. The van der Waals surface area contributed by atoms with Crippen molar-refractivity contribution in [1.82, 2.24) is 14.7 Å². The average molecular weight is 327 g/mol. The lowest BCUT2D eigenvalue weighted by Gasteiger charge is -2.23. The number of amides is 1. The maximum atomic E-state index is 12.4. The number of aromatic nitrogens is 2. The van der Waals surface area contributed by atoms with Crippen molar-refractivity contribution in [2.45, 2.75) is 39.3 Å². The van der Waals surface area contributed by atoms with E-state index in [0.29, 0.717) is 17.4 Å². The molecule has 2 aromatic heterocycles. The van der Waals surface area contributed by atoms with Crippen LogP contribution in [0.5, 0.6) is 0 Å². The number of hydrogen-bond acceptors (Lipinski definition) is 5. The molecule has 1 saturated heterocycles. The maximum absolute atomic E-state index is 12.4. The quantitative estimate of drug-likeness (QED) is 0.908. The molecular formula is C17H21N5O2. The Morgan fingerprint density at radius 1 is 1.54 bits per heavy atom. The molecule has 0 saturated carbocycles. The zero-order valence-electron chi connectivity index (χ0n) is 14.0. The normalized spacial score (nSPS) is 17.8. The van der Waals surface area contributed by atoms with Crippen LogP contribution in [0, 0.1) is 25.2 Å². The number of furan rings is 1. The third-order valence-corrected chi connectivity index (χ3v) is 4.55. The molecule has 0 radical (unpaired) electrons. The molecule has 1 fully saturated rings. The summed E-state index contributed by atoms with van der Waals surface area (Å²) in [5.41, 5.74) is 1.17. The van der Waals surface area contributed by atoms with Crippen LogP contribution < -0.4 is 5.32 Å². The van der Waals surface area contributed by atoms with Crippen LogP contribution in [0.1, 0.15) is 29.7 Å². The fraction of sp³-hybridized carbons (Fsp3) is 0.471. The summed E-state index contributed by atoms with van der Waals surface area (Å²) in [6, 6.07) is 4.29. The molecule has 1 amide bonds. The number of nitrogens with zero attached hydrogens (tertiary/aromatic N) is 4. The Kier molecular flexibility index (Phi) is 4.67. The third-order valence-electron chi connectivity index (χ3n) is 4.55. The van der Waals surface area contributed by atoms with Crippen LogP contribution in [0.4, 0.5) is 5.88 Å². The number of carbonyl (C=O) groups is 1. The summed E-state index contributed by atoms with van der Waals surface area (Å²) >= 11 is 0. The Hall–Kier alpha value is -2.59. The first-order chi connectivity index (χ1) is 11.6. The molecule has 1 N–H and O–H groups in total. The summed E-state index contributed by atoms with van der Waals surface area (Å²) < 4.78 is 7.39. The van der Waals surface area contributed by atoms with Crippen LogP contribution in [0.25, 0.3) is 0 Å². The van der Waals surface area contributed by atoms with Crippen LogP contribution >= 0.6 is 0 Å². The van der Waals surface area contributed by atoms with E-state index in [1.165, 1.54) is 0 Å². The van der Waals surface area contributed by atoms with Crippen molar-refractivity contribution < 1.29 is 9.21 Å². The Labute approximate surface area is 140 Å². The van der Waals surface area contributed by atoms with Gasteiger partial charge in [0.05, 0.1) is 13.1 Å². The molecule has 0 aliphatic carbocycles. The molecule has 126 valence electrons. The number of hydrogen-bond donors (Lipinski definition) is 1. The third kappa shape index (κ3) is 3.34. The highest BCUT2D eigenvalue weighted by Gasteiger charge is 2.27. The Morgan fingerprint density at radius 2 is 2.38 bits per heavy atom. The van der Waals surface area contributed by atoms with Crippen LogP contribution in [0.3, 0.4) is 0 Å². The smallest absolute Gasteiger partial charge is 0.240 e. The van der Waals surface area contributed by atoms with Gasteiger partial charge in [0.15, 0.2) is 0 Å². The lowest BCUT2D eigenvalue weighted by atomic mass is 10.2. The molecule has 0 spiro atoms. The molecule has 3 heterocycles. The van der Waals surface area contributed by atoms with Crippen molar-refractivity contribution in [2.24, 2.45) is 0 Å². The molecule has 1 aliphatic heterocycles. The predicted octanol–water partition coefficient (Wildman–Crippen LogP) is 2.07. The summed E-state index contributed by atoms with van der Waals surface area (Å²) in [5, 5.41) is 16.2. The van der Waals surface area contributed by atoms with E-state index in [-0.39, 0.29) is 18.3 Å². The first kappa shape index (κ1) is 16.3. The minimum atomic E-state index is -0.160. The fourth-order valence-electron chi connectivity index (χ4n) is 3.13. The monoisotopic (exact) mass is 327 g/mol. The molecule has 0 bridgehead atoms. The Bertz CT molecular complexity index is 757. The second kappa shape index (κ2) is 6.89. The van der Waals surface area contributed by atoms with Crippen LogP contribution in [0.15, 0.2) is 22.9 Å². The van der Waals surface area contributed by atoms with E-state index < -0.39 is 0 Å². The number of carbonyl (C=O) groups excluding carboxylic acids is 1.